The average molecular weight is 427 g/mol. The van der Waals surface area contributed by atoms with Crippen molar-refractivity contribution in [3.05, 3.63) is 93.5 Å². The van der Waals surface area contributed by atoms with Gasteiger partial charge in [0.1, 0.15) is 6.07 Å². The van der Waals surface area contributed by atoms with Crippen LogP contribution in [0.15, 0.2) is 76.5 Å². The Balaban J connectivity index is 1.86. The summed E-state index contributed by atoms with van der Waals surface area (Å²) in [6, 6.07) is 22.3. The van der Waals surface area contributed by atoms with E-state index in [1.54, 1.807) is 30.1 Å². The van der Waals surface area contributed by atoms with Gasteiger partial charge in [-0.25, -0.2) is 0 Å². The number of hydrogen-bond donors (Lipinski definition) is 0. The highest BCUT2D eigenvalue weighted by molar-refractivity contribution is 7.99. The molecule has 0 atom stereocenters. The van der Waals surface area contributed by atoms with Crippen LogP contribution in [0.4, 0.5) is 0 Å². The summed E-state index contributed by atoms with van der Waals surface area (Å²) in [6.07, 6.45) is 0. The lowest BCUT2D eigenvalue weighted by Crippen LogP contribution is -2.26. The van der Waals surface area contributed by atoms with Crippen molar-refractivity contribution in [3.8, 4) is 6.07 Å². The van der Waals surface area contributed by atoms with E-state index < -0.39 is 0 Å². The monoisotopic (exact) mass is 426 g/mol. The van der Waals surface area contributed by atoms with E-state index >= 15 is 0 Å². The summed E-state index contributed by atoms with van der Waals surface area (Å²) in [5.41, 5.74) is 1.93. The Hall–Kier alpha value is -2.45. The van der Waals surface area contributed by atoms with Crippen molar-refractivity contribution >= 4 is 40.9 Å². The smallest absolute Gasteiger partial charge is 0.255 e. The molecule has 140 valence electrons. The van der Waals surface area contributed by atoms with Gasteiger partial charge in [0, 0.05) is 23.4 Å². The van der Waals surface area contributed by atoms with Gasteiger partial charge >= 0.3 is 0 Å². The molecular formula is C22H16Cl2N2OS. The first-order valence-corrected chi connectivity index (χ1v) is 10.0. The summed E-state index contributed by atoms with van der Waals surface area (Å²) in [4.78, 5) is 16.3. The fourth-order valence-corrected chi connectivity index (χ4v) is 4.10. The SMILES string of the molecule is CN(Cc1cccc(Cl)c1Cl)C(=O)c1ccccc1Sc1ccccc1C#N. The fourth-order valence-electron chi connectivity index (χ4n) is 2.70. The molecule has 1 amide bonds. The van der Waals surface area contributed by atoms with E-state index in [4.69, 9.17) is 23.2 Å². The summed E-state index contributed by atoms with van der Waals surface area (Å²) in [5, 5.41) is 10.2. The number of carbonyl (C=O) groups is 1. The van der Waals surface area contributed by atoms with Crippen LogP contribution in [-0.4, -0.2) is 17.9 Å². The number of halogens is 2. The normalized spacial score (nSPS) is 10.4. The van der Waals surface area contributed by atoms with Gasteiger partial charge in [-0.1, -0.05) is 71.4 Å². The van der Waals surface area contributed by atoms with Crippen LogP contribution in [0.1, 0.15) is 21.5 Å². The molecule has 0 aliphatic rings. The van der Waals surface area contributed by atoms with Crippen molar-refractivity contribution in [2.75, 3.05) is 7.05 Å². The Morgan fingerprint density at radius 2 is 1.68 bits per heavy atom. The molecule has 3 aromatic carbocycles. The third-order valence-electron chi connectivity index (χ3n) is 4.13. The van der Waals surface area contributed by atoms with Crippen LogP contribution in [0.2, 0.25) is 10.0 Å². The first kappa shape index (κ1) is 20.3. The predicted octanol–water partition coefficient (Wildman–Crippen LogP) is 6.29. The molecule has 0 N–H and O–H groups in total. The predicted molar refractivity (Wildman–Crippen MR) is 114 cm³/mol. The number of rotatable bonds is 5. The van der Waals surface area contributed by atoms with E-state index in [9.17, 15) is 10.1 Å². The summed E-state index contributed by atoms with van der Waals surface area (Å²) in [5.74, 6) is -0.131. The molecule has 6 heteroatoms. The van der Waals surface area contributed by atoms with Crippen molar-refractivity contribution in [2.24, 2.45) is 0 Å². The van der Waals surface area contributed by atoms with Crippen LogP contribution >= 0.6 is 35.0 Å². The van der Waals surface area contributed by atoms with Crippen molar-refractivity contribution < 1.29 is 4.79 Å². The van der Waals surface area contributed by atoms with Crippen LogP contribution in [0.25, 0.3) is 0 Å². The second kappa shape index (κ2) is 9.16. The Labute approximate surface area is 178 Å². The number of nitriles is 1. The van der Waals surface area contributed by atoms with E-state index in [2.05, 4.69) is 6.07 Å². The number of carbonyl (C=O) groups excluding carboxylic acids is 1. The topological polar surface area (TPSA) is 44.1 Å². The van der Waals surface area contributed by atoms with Gasteiger partial charge in [-0.05, 0) is 35.9 Å². The van der Waals surface area contributed by atoms with Crippen LogP contribution < -0.4 is 0 Å². The van der Waals surface area contributed by atoms with E-state index in [1.807, 2.05) is 48.5 Å². The Kier molecular flexibility index (Phi) is 6.64. The largest absolute Gasteiger partial charge is 0.337 e. The quantitative estimate of drug-likeness (QED) is 0.481. The molecule has 0 aromatic heterocycles. The molecule has 0 radical (unpaired) electrons. The summed E-state index contributed by atoms with van der Waals surface area (Å²) < 4.78 is 0. The minimum absolute atomic E-state index is 0.131. The van der Waals surface area contributed by atoms with Gasteiger partial charge in [-0.15, -0.1) is 0 Å². The molecule has 0 saturated heterocycles. The lowest BCUT2D eigenvalue weighted by atomic mass is 10.1. The molecule has 28 heavy (non-hydrogen) atoms. The first-order chi connectivity index (χ1) is 13.5. The van der Waals surface area contributed by atoms with Gasteiger partial charge in [-0.3, -0.25) is 4.79 Å². The van der Waals surface area contributed by atoms with Gasteiger partial charge in [0.2, 0.25) is 0 Å². The molecule has 0 bridgehead atoms. The standard InChI is InChI=1S/C22H16Cl2N2OS/c1-26(14-16-8-6-10-18(23)21(16)24)22(27)17-9-3-5-12-20(17)28-19-11-4-2-7-15(19)13-25/h2-12H,14H2,1H3. The zero-order valence-corrected chi connectivity index (χ0v) is 17.4. The van der Waals surface area contributed by atoms with E-state index in [0.29, 0.717) is 27.7 Å². The van der Waals surface area contributed by atoms with Gasteiger partial charge in [0.05, 0.1) is 21.2 Å². The Morgan fingerprint density at radius 1 is 1.00 bits per heavy atom. The minimum Gasteiger partial charge on any atom is -0.337 e. The second-order valence-corrected chi connectivity index (χ2v) is 7.95. The van der Waals surface area contributed by atoms with Crippen LogP contribution in [-0.2, 0) is 6.54 Å². The fraction of sp³-hybridized carbons (Fsp3) is 0.0909. The van der Waals surface area contributed by atoms with E-state index in [-0.39, 0.29) is 5.91 Å². The van der Waals surface area contributed by atoms with E-state index in [1.165, 1.54) is 11.8 Å². The molecule has 0 fully saturated rings. The minimum atomic E-state index is -0.131. The third-order valence-corrected chi connectivity index (χ3v) is 6.14. The van der Waals surface area contributed by atoms with Crippen LogP contribution in [0, 0.1) is 11.3 Å². The van der Waals surface area contributed by atoms with Crippen LogP contribution in [0.3, 0.4) is 0 Å². The van der Waals surface area contributed by atoms with Crippen molar-refractivity contribution in [1.82, 2.24) is 4.90 Å². The summed E-state index contributed by atoms with van der Waals surface area (Å²) >= 11 is 13.7. The lowest BCUT2D eigenvalue weighted by molar-refractivity contribution is 0.0781. The molecule has 3 rings (SSSR count). The zero-order chi connectivity index (χ0) is 20.1. The maximum Gasteiger partial charge on any atom is 0.255 e. The Bertz CT molecular complexity index is 1060. The highest BCUT2D eigenvalue weighted by Crippen LogP contribution is 2.33. The van der Waals surface area contributed by atoms with Crippen molar-refractivity contribution in [3.63, 3.8) is 0 Å². The molecule has 0 aliphatic carbocycles. The lowest BCUT2D eigenvalue weighted by Gasteiger charge is -2.20. The second-order valence-electron chi connectivity index (χ2n) is 6.08. The number of benzene rings is 3. The summed E-state index contributed by atoms with van der Waals surface area (Å²) in [6.45, 7) is 0.339. The molecular weight excluding hydrogens is 411 g/mol. The molecule has 0 spiro atoms. The maximum atomic E-state index is 13.1. The highest BCUT2D eigenvalue weighted by atomic mass is 35.5. The number of amides is 1. The third kappa shape index (κ3) is 4.51. The van der Waals surface area contributed by atoms with Crippen LogP contribution in [0.5, 0.6) is 0 Å². The van der Waals surface area contributed by atoms with E-state index in [0.717, 1.165) is 15.4 Å². The van der Waals surface area contributed by atoms with Gasteiger partial charge in [-0.2, -0.15) is 5.26 Å². The molecule has 0 saturated carbocycles. The first-order valence-electron chi connectivity index (χ1n) is 8.45. The molecule has 0 unspecified atom stereocenters. The number of nitrogens with zero attached hydrogens (tertiary/aromatic N) is 2. The molecule has 3 aromatic rings. The summed E-state index contributed by atoms with van der Waals surface area (Å²) in [7, 11) is 1.73. The van der Waals surface area contributed by atoms with Gasteiger partial charge < -0.3 is 4.90 Å². The number of hydrogen-bond acceptors (Lipinski definition) is 3. The van der Waals surface area contributed by atoms with Crippen molar-refractivity contribution in [1.29, 1.82) is 5.26 Å². The zero-order valence-electron chi connectivity index (χ0n) is 15.0. The maximum absolute atomic E-state index is 13.1. The molecule has 0 aliphatic heterocycles. The van der Waals surface area contributed by atoms with Gasteiger partial charge in [0.15, 0.2) is 0 Å². The molecule has 3 nitrogen and oxygen atoms in total. The molecule has 0 heterocycles. The Morgan fingerprint density at radius 3 is 2.43 bits per heavy atom. The van der Waals surface area contributed by atoms with Gasteiger partial charge in [0.25, 0.3) is 5.91 Å². The average Bonchev–Trinajstić information content (AvgIpc) is 2.71. The highest BCUT2D eigenvalue weighted by Gasteiger charge is 2.18. The van der Waals surface area contributed by atoms with Crippen molar-refractivity contribution in [2.45, 2.75) is 16.3 Å².